The minimum atomic E-state index is -0.285. The number of carbonyl (C=O) groups is 1. The maximum absolute atomic E-state index is 13.1. The van der Waals surface area contributed by atoms with Crippen molar-refractivity contribution in [1.82, 2.24) is 10.2 Å². The minimum Gasteiger partial charge on any atom is -0.370 e. The van der Waals surface area contributed by atoms with Gasteiger partial charge in [-0.25, -0.2) is 8.78 Å². The third-order valence-electron chi connectivity index (χ3n) is 4.90. The molecule has 27 heavy (non-hydrogen) atoms. The number of nitrogens with zero attached hydrogens (tertiary/aromatic N) is 2. The predicted molar refractivity (Wildman–Crippen MR) is 103 cm³/mol. The van der Waals surface area contributed by atoms with Gasteiger partial charge in [0, 0.05) is 31.9 Å². The largest absolute Gasteiger partial charge is 0.370 e. The molecule has 1 amide bonds. The molecule has 1 N–H and O–H groups in total. The van der Waals surface area contributed by atoms with Crippen LogP contribution in [0.1, 0.15) is 24.9 Å². The molecule has 1 fully saturated rings. The Morgan fingerprint density at radius 1 is 0.963 bits per heavy atom. The van der Waals surface area contributed by atoms with Gasteiger partial charge >= 0.3 is 0 Å². The summed E-state index contributed by atoms with van der Waals surface area (Å²) in [6, 6.07) is 12.5. The maximum Gasteiger partial charge on any atom is 0.234 e. The maximum atomic E-state index is 13.1. The van der Waals surface area contributed by atoms with E-state index in [0.717, 1.165) is 43.9 Å². The van der Waals surface area contributed by atoms with E-state index in [9.17, 15) is 13.6 Å². The zero-order valence-corrected chi connectivity index (χ0v) is 15.5. The van der Waals surface area contributed by atoms with Crippen LogP contribution in [0, 0.1) is 11.6 Å². The van der Waals surface area contributed by atoms with E-state index in [1.807, 2.05) is 6.92 Å². The molecule has 6 heteroatoms. The van der Waals surface area contributed by atoms with Crippen molar-refractivity contribution in [3.8, 4) is 0 Å². The van der Waals surface area contributed by atoms with Crippen LogP contribution in [0.4, 0.5) is 14.5 Å². The molecular weight excluding hydrogens is 348 g/mol. The first-order valence-corrected chi connectivity index (χ1v) is 9.29. The average molecular weight is 373 g/mol. The molecule has 1 heterocycles. The lowest BCUT2D eigenvalue weighted by Crippen LogP contribution is -2.40. The third kappa shape index (κ3) is 5.50. The standard InChI is InChI=1S/C21H25F2N3O/c1-16(17-3-5-18(22)6-4-17)24-21(27)15-25-11-2-12-26(14-13-25)20-9-7-19(23)8-10-20/h3-10,16H,2,11-15H2,1H3,(H,24,27). The number of anilines is 1. The van der Waals surface area contributed by atoms with Crippen LogP contribution in [0.5, 0.6) is 0 Å². The molecule has 2 aromatic rings. The number of carbonyl (C=O) groups excluding carboxylic acids is 1. The normalized spacial score (nSPS) is 16.6. The van der Waals surface area contributed by atoms with E-state index in [0.29, 0.717) is 6.54 Å². The number of amides is 1. The summed E-state index contributed by atoms with van der Waals surface area (Å²) in [6.45, 7) is 5.53. The summed E-state index contributed by atoms with van der Waals surface area (Å²) in [6.07, 6.45) is 0.943. The highest BCUT2D eigenvalue weighted by Crippen LogP contribution is 2.17. The average Bonchev–Trinajstić information content (AvgIpc) is 2.88. The van der Waals surface area contributed by atoms with Crippen molar-refractivity contribution in [2.45, 2.75) is 19.4 Å². The Labute approximate surface area is 158 Å². The summed E-state index contributed by atoms with van der Waals surface area (Å²) in [7, 11) is 0. The highest BCUT2D eigenvalue weighted by atomic mass is 19.1. The zero-order chi connectivity index (χ0) is 19.2. The second kappa shape index (κ2) is 8.95. The lowest BCUT2D eigenvalue weighted by molar-refractivity contribution is -0.122. The first kappa shape index (κ1) is 19.3. The molecule has 0 aliphatic carbocycles. The second-order valence-electron chi connectivity index (χ2n) is 6.93. The van der Waals surface area contributed by atoms with Gasteiger partial charge in [-0.1, -0.05) is 12.1 Å². The van der Waals surface area contributed by atoms with Gasteiger partial charge in [0.25, 0.3) is 0 Å². The SMILES string of the molecule is CC(NC(=O)CN1CCCN(c2ccc(F)cc2)CC1)c1ccc(F)cc1. The second-order valence-corrected chi connectivity index (χ2v) is 6.93. The fraction of sp³-hybridized carbons (Fsp3) is 0.381. The number of hydrogen-bond acceptors (Lipinski definition) is 3. The van der Waals surface area contributed by atoms with E-state index in [1.165, 1.54) is 24.3 Å². The lowest BCUT2D eigenvalue weighted by Gasteiger charge is -2.24. The highest BCUT2D eigenvalue weighted by Gasteiger charge is 2.18. The molecule has 0 aromatic heterocycles. The number of rotatable bonds is 5. The van der Waals surface area contributed by atoms with Crippen LogP contribution in [-0.4, -0.2) is 43.5 Å². The molecule has 1 aliphatic heterocycles. The first-order chi connectivity index (χ1) is 13.0. The van der Waals surface area contributed by atoms with E-state index in [1.54, 1.807) is 24.3 Å². The number of nitrogens with one attached hydrogen (secondary N) is 1. The number of benzene rings is 2. The fourth-order valence-corrected chi connectivity index (χ4v) is 3.36. The minimum absolute atomic E-state index is 0.0398. The van der Waals surface area contributed by atoms with Crippen molar-refractivity contribution in [3.05, 3.63) is 65.7 Å². The molecule has 4 nitrogen and oxygen atoms in total. The third-order valence-corrected chi connectivity index (χ3v) is 4.90. The van der Waals surface area contributed by atoms with E-state index >= 15 is 0 Å². The van der Waals surface area contributed by atoms with E-state index < -0.39 is 0 Å². The summed E-state index contributed by atoms with van der Waals surface area (Å²) in [5.74, 6) is -0.559. The Balaban J connectivity index is 1.49. The van der Waals surface area contributed by atoms with Crippen molar-refractivity contribution < 1.29 is 13.6 Å². The summed E-state index contributed by atoms with van der Waals surface area (Å²) in [5.41, 5.74) is 1.88. The first-order valence-electron chi connectivity index (χ1n) is 9.29. The van der Waals surface area contributed by atoms with Gasteiger partial charge in [0.1, 0.15) is 11.6 Å². The van der Waals surface area contributed by atoms with Crippen molar-refractivity contribution >= 4 is 11.6 Å². The monoisotopic (exact) mass is 373 g/mol. The van der Waals surface area contributed by atoms with Crippen LogP contribution in [-0.2, 0) is 4.79 Å². The number of hydrogen-bond donors (Lipinski definition) is 1. The number of halogens is 2. The molecule has 1 unspecified atom stereocenters. The highest BCUT2D eigenvalue weighted by molar-refractivity contribution is 5.78. The Hall–Kier alpha value is -2.47. The Morgan fingerprint density at radius 2 is 1.59 bits per heavy atom. The van der Waals surface area contributed by atoms with Crippen molar-refractivity contribution in [2.75, 3.05) is 37.6 Å². The molecule has 0 radical (unpaired) electrons. The molecule has 3 rings (SSSR count). The molecule has 1 atom stereocenters. The van der Waals surface area contributed by atoms with Gasteiger partial charge in [0.05, 0.1) is 12.6 Å². The predicted octanol–water partition coefficient (Wildman–Crippen LogP) is 3.35. The van der Waals surface area contributed by atoms with E-state index in [2.05, 4.69) is 15.1 Å². The van der Waals surface area contributed by atoms with E-state index in [4.69, 9.17) is 0 Å². The van der Waals surface area contributed by atoms with E-state index in [-0.39, 0.29) is 23.6 Å². The van der Waals surface area contributed by atoms with Crippen LogP contribution < -0.4 is 10.2 Å². The summed E-state index contributed by atoms with van der Waals surface area (Å²) in [5, 5.41) is 2.97. The molecule has 1 saturated heterocycles. The Bertz CT molecular complexity index is 749. The van der Waals surface area contributed by atoms with Crippen LogP contribution >= 0.6 is 0 Å². The molecule has 0 saturated carbocycles. The molecule has 144 valence electrons. The van der Waals surface area contributed by atoms with Crippen LogP contribution in [0.15, 0.2) is 48.5 Å². The Kier molecular flexibility index (Phi) is 6.40. The van der Waals surface area contributed by atoms with Gasteiger partial charge in [0.15, 0.2) is 0 Å². The van der Waals surface area contributed by atoms with Gasteiger partial charge in [0.2, 0.25) is 5.91 Å². The van der Waals surface area contributed by atoms with Crippen LogP contribution in [0.25, 0.3) is 0 Å². The summed E-state index contributed by atoms with van der Waals surface area (Å²) >= 11 is 0. The quantitative estimate of drug-likeness (QED) is 0.873. The topological polar surface area (TPSA) is 35.6 Å². The molecule has 1 aliphatic rings. The van der Waals surface area contributed by atoms with Crippen LogP contribution in [0.2, 0.25) is 0 Å². The zero-order valence-electron chi connectivity index (χ0n) is 15.5. The van der Waals surface area contributed by atoms with Crippen LogP contribution in [0.3, 0.4) is 0 Å². The van der Waals surface area contributed by atoms with Gasteiger partial charge in [-0.15, -0.1) is 0 Å². The van der Waals surface area contributed by atoms with Gasteiger partial charge < -0.3 is 10.2 Å². The van der Waals surface area contributed by atoms with Crippen molar-refractivity contribution in [1.29, 1.82) is 0 Å². The summed E-state index contributed by atoms with van der Waals surface area (Å²) < 4.78 is 26.1. The van der Waals surface area contributed by atoms with Gasteiger partial charge in [-0.3, -0.25) is 9.69 Å². The molecule has 0 spiro atoms. The molecular formula is C21H25F2N3O. The molecule has 2 aromatic carbocycles. The van der Waals surface area contributed by atoms with Gasteiger partial charge in [-0.2, -0.15) is 0 Å². The van der Waals surface area contributed by atoms with Crippen molar-refractivity contribution in [3.63, 3.8) is 0 Å². The van der Waals surface area contributed by atoms with Crippen molar-refractivity contribution in [2.24, 2.45) is 0 Å². The molecule has 0 bridgehead atoms. The Morgan fingerprint density at radius 3 is 2.26 bits per heavy atom. The smallest absolute Gasteiger partial charge is 0.234 e. The lowest BCUT2D eigenvalue weighted by atomic mass is 10.1. The van der Waals surface area contributed by atoms with Gasteiger partial charge in [-0.05, 0) is 55.3 Å². The summed E-state index contributed by atoms with van der Waals surface area (Å²) in [4.78, 5) is 16.7. The fourth-order valence-electron chi connectivity index (χ4n) is 3.36.